The fourth-order valence-electron chi connectivity index (χ4n) is 3.03. The van der Waals surface area contributed by atoms with Gasteiger partial charge in [-0.15, -0.1) is 0 Å². The van der Waals surface area contributed by atoms with E-state index in [0.29, 0.717) is 17.0 Å². The minimum Gasteiger partial charge on any atom is -0.443 e. The molecule has 4 nitrogen and oxygen atoms in total. The predicted molar refractivity (Wildman–Crippen MR) is 102 cm³/mol. The highest BCUT2D eigenvalue weighted by Gasteiger charge is 2.20. The molecule has 0 atom stereocenters. The van der Waals surface area contributed by atoms with Crippen molar-refractivity contribution in [3.05, 3.63) is 81.9 Å². The lowest BCUT2D eigenvalue weighted by molar-refractivity contribution is 0.104. The number of aryl methyl sites for hydroxylation is 2. The van der Waals surface area contributed by atoms with E-state index < -0.39 is 0 Å². The Morgan fingerprint density at radius 3 is 2.50 bits per heavy atom. The van der Waals surface area contributed by atoms with E-state index in [0.717, 1.165) is 28.3 Å². The second kappa shape index (κ2) is 6.89. The molecule has 3 rings (SSSR count). The standard InChI is InChI=1S/C22H20N2O2/c1-14-12-19(10-11-21(25)18-8-6-5-7-9-18)16(3)24(14)22-20(13-23)15(2)17(4)26-22/h5-12H,1-4H3/b11-10+. The lowest BCUT2D eigenvalue weighted by atomic mass is 10.1. The van der Waals surface area contributed by atoms with Crippen LogP contribution in [-0.4, -0.2) is 10.4 Å². The topological polar surface area (TPSA) is 58.9 Å². The smallest absolute Gasteiger partial charge is 0.222 e. The van der Waals surface area contributed by atoms with Gasteiger partial charge in [-0.3, -0.25) is 9.36 Å². The van der Waals surface area contributed by atoms with E-state index in [1.54, 1.807) is 18.2 Å². The molecule has 0 N–H and O–H groups in total. The maximum absolute atomic E-state index is 12.3. The van der Waals surface area contributed by atoms with Crippen LogP contribution in [0.5, 0.6) is 0 Å². The maximum atomic E-state index is 12.3. The number of nitrogens with zero attached hydrogens (tertiary/aromatic N) is 2. The molecule has 0 amide bonds. The van der Waals surface area contributed by atoms with Gasteiger partial charge in [0.15, 0.2) is 5.78 Å². The fourth-order valence-corrected chi connectivity index (χ4v) is 3.03. The maximum Gasteiger partial charge on any atom is 0.222 e. The van der Waals surface area contributed by atoms with E-state index in [1.807, 2.05) is 62.6 Å². The average molecular weight is 344 g/mol. The first-order valence-electron chi connectivity index (χ1n) is 8.41. The van der Waals surface area contributed by atoms with E-state index in [-0.39, 0.29) is 5.78 Å². The monoisotopic (exact) mass is 344 g/mol. The number of ketones is 1. The molecular formula is C22H20N2O2. The third kappa shape index (κ3) is 3.00. The van der Waals surface area contributed by atoms with Crippen LogP contribution in [0.3, 0.4) is 0 Å². The molecule has 0 spiro atoms. The van der Waals surface area contributed by atoms with Crippen molar-refractivity contribution in [2.75, 3.05) is 0 Å². The minimum absolute atomic E-state index is 0.0437. The Hall–Kier alpha value is -3.32. The molecule has 0 radical (unpaired) electrons. The van der Waals surface area contributed by atoms with Gasteiger partial charge in [-0.05, 0) is 51.5 Å². The van der Waals surface area contributed by atoms with Crippen LogP contribution in [0.25, 0.3) is 12.0 Å². The predicted octanol–water partition coefficient (Wildman–Crippen LogP) is 5.07. The zero-order valence-electron chi connectivity index (χ0n) is 15.3. The molecule has 0 aliphatic carbocycles. The van der Waals surface area contributed by atoms with Gasteiger partial charge in [0.2, 0.25) is 5.88 Å². The Kier molecular flexibility index (Phi) is 4.64. The minimum atomic E-state index is -0.0437. The van der Waals surface area contributed by atoms with Crippen molar-refractivity contribution in [3.63, 3.8) is 0 Å². The van der Waals surface area contributed by atoms with Crippen molar-refractivity contribution in [1.82, 2.24) is 4.57 Å². The number of rotatable bonds is 4. The Balaban J connectivity index is 2.00. The van der Waals surface area contributed by atoms with Crippen LogP contribution in [0.2, 0.25) is 0 Å². The summed E-state index contributed by atoms with van der Waals surface area (Å²) >= 11 is 0. The van der Waals surface area contributed by atoms with Crippen molar-refractivity contribution in [2.45, 2.75) is 27.7 Å². The number of aromatic nitrogens is 1. The van der Waals surface area contributed by atoms with E-state index in [2.05, 4.69) is 6.07 Å². The third-order valence-corrected chi connectivity index (χ3v) is 4.62. The number of carbonyl (C=O) groups is 1. The molecular weight excluding hydrogens is 324 g/mol. The lowest BCUT2D eigenvalue weighted by Crippen LogP contribution is -2.00. The van der Waals surface area contributed by atoms with Gasteiger partial charge in [0.05, 0.1) is 0 Å². The van der Waals surface area contributed by atoms with Crippen LogP contribution in [0.4, 0.5) is 0 Å². The summed E-state index contributed by atoms with van der Waals surface area (Å²) in [7, 11) is 0. The third-order valence-electron chi connectivity index (χ3n) is 4.62. The number of benzene rings is 1. The second-order valence-corrected chi connectivity index (χ2v) is 6.30. The Labute approximate surface area is 153 Å². The molecule has 0 saturated heterocycles. The van der Waals surface area contributed by atoms with Crippen molar-refractivity contribution < 1.29 is 9.21 Å². The molecule has 26 heavy (non-hydrogen) atoms. The van der Waals surface area contributed by atoms with Gasteiger partial charge >= 0.3 is 0 Å². The van der Waals surface area contributed by atoms with Gasteiger partial charge < -0.3 is 4.42 Å². The quantitative estimate of drug-likeness (QED) is 0.490. The van der Waals surface area contributed by atoms with Gasteiger partial charge in [-0.25, -0.2) is 0 Å². The molecule has 130 valence electrons. The normalized spacial score (nSPS) is 11.0. The van der Waals surface area contributed by atoms with Crippen LogP contribution in [0, 0.1) is 39.0 Å². The number of allylic oxidation sites excluding steroid dienone is 1. The summed E-state index contributed by atoms with van der Waals surface area (Å²) in [6.45, 7) is 7.65. The summed E-state index contributed by atoms with van der Waals surface area (Å²) in [4.78, 5) is 12.3. The number of furan rings is 1. The molecule has 1 aromatic carbocycles. The summed E-state index contributed by atoms with van der Waals surface area (Å²) in [6.07, 6.45) is 3.38. The number of carbonyl (C=O) groups excluding carboxylic acids is 1. The zero-order chi connectivity index (χ0) is 18.8. The van der Waals surface area contributed by atoms with Gasteiger partial charge in [0, 0.05) is 22.5 Å². The summed E-state index contributed by atoms with van der Waals surface area (Å²) < 4.78 is 7.76. The van der Waals surface area contributed by atoms with Crippen LogP contribution in [0.1, 0.15) is 44.2 Å². The first kappa shape index (κ1) is 17.5. The highest BCUT2D eigenvalue weighted by molar-refractivity contribution is 6.06. The van der Waals surface area contributed by atoms with Crippen LogP contribution >= 0.6 is 0 Å². The molecule has 0 fully saturated rings. The second-order valence-electron chi connectivity index (χ2n) is 6.30. The molecule has 0 aliphatic heterocycles. The highest BCUT2D eigenvalue weighted by Crippen LogP contribution is 2.29. The number of hydrogen-bond donors (Lipinski definition) is 0. The molecule has 3 aromatic rings. The number of nitriles is 1. The van der Waals surface area contributed by atoms with Crippen LogP contribution in [0.15, 0.2) is 46.9 Å². The van der Waals surface area contributed by atoms with Crippen LogP contribution in [-0.2, 0) is 0 Å². The fraction of sp³-hybridized carbons (Fsp3) is 0.182. The van der Waals surface area contributed by atoms with Gasteiger partial charge in [0.25, 0.3) is 0 Å². The van der Waals surface area contributed by atoms with Crippen molar-refractivity contribution >= 4 is 11.9 Å². The lowest BCUT2D eigenvalue weighted by Gasteiger charge is -2.06. The Bertz CT molecular complexity index is 1040. The van der Waals surface area contributed by atoms with E-state index >= 15 is 0 Å². The molecule has 4 heteroatoms. The molecule has 0 saturated carbocycles. The SMILES string of the molecule is Cc1oc(-n2c(C)cc(/C=C/C(=O)c3ccccc3)c2C)c(C#N)c1C. The van der Waals surface area contributed by atoms with Crippen molar-refractivity contribution in [3.8, 4) is 12.0 Å². The van der Waals surface area contributed by atoms with E-state index in [1.165, 1.54) is 0 Å². The van der Waals surface area contributed by atoms with Gasteiger partial charge in [-0.1, -0.05) is 30.3 Å². The average Bonchev–Trinajstić information content (AvgIpc) is 3.08. The summed E-state index contributed by atoms with van der Waals surface area (Å²) in [6, 6.07) is 13.4. The summed E-state index contributed by atoms with van der Waals surface area (Å²) in [5.41, 5.74) is 4.83. The highest BCUT2D eigenvalue weighted by atomic mass is 16.4. The molecule has 2 heterocycles. The number of hydrogen-bond acceptors (Lipinski definition) is 3. The van der Waals surface area contributed by atoms with Gasteiger partial charge in [0.1, 0.15) is 17.4 Å². The zero-order valence-corrected chi connectivity index (χ0v) is 15.3. The molecule has 0 aliphatic rings. The molecule has 0 bridgehead atoms. The van der Waals surface area contributed by atoms with Crippen molar-refractivity contribution in [2.24, 2.45) is 0 Å². The first-order valence-corrected chi connectivity index (χ1v) is 8.41. The van der Waals surface area contributed by atoms with Crippen molar-refractivity contribution in [1.29, 1.82) is 5.26 Å². The summed E-state index contributed by atoms with van der Waals surface area (Å²) in [5, 5.41) is 9.48. The van der Waals surface area contributed by atoms with E-state index in [9.17, 15) is 10.1 Å². The molecule has 2 aromatic heterocycles. The molecule has 0 unspecified atom stereocenters. The van der Waals surface area contributed by atoms with Gasteiger partial charge in [-0.2, -0.15) is 5.26 Å². The first-order chi connectivity index (χ1) is 12.4. The Morgan fingerprint density at radius 1 is 1.15 bits per heavy atom. The largest absolute Gasteiger partial charge is 0.443 e. The summed E-state index contributed by atoms with van der Waals surface area (Å²) in [5.74, 6) is 1.23. The van der Waals surface area contributed by atoms with E-state index in [4.69, 9.17) is 4.42 Å². The van der Waals surface area contributed by atoms with Crippen LogP contribution < -0.4 is 0 Å². The Morgan fingerprint density at radius 2 is 1.85 bits per heavy atom.